The van der Waals surface area contributed by atoms with Crippen LogP contribution in [0.3, 0.4) is 0 Å². The minimum Gasteiger partial charge on any atom is -0.493 e. The average molecular weight is 340 g/mol. The number of methoxy groups -OCH3 is 1. The van der Waals surface area contributed by atoms with E-state index >= 15 is 0 Å². The van der Waals surface area contributed by atoms with Crippen LogP contribution in [0.4, 0.5) is 5.69 Å². The lowest BCUT2D eigenvalue weighted by Gasteiger charge is -2.11. The van der Waals surface area contributed by atoms with E-state index in [1.165, 1.54) is 7.11 Å². The zero-order chi connectivity index (χ0) is 16.1. The van der Waals surface area contributed by atoms with Crippen LogP contribution < -0.4 is 14.8 Å². The SMILES string of the molecule is CCOc1ccc(C(=O)Nc2cc(Cl)cc(Cl)c2)cc1OC. The molecule has 1 amide bonds. The van der Waals surface area contributed by atoms with Gasteiger partial charge in [-0.1, -0.05) is 23.2 Å². The summed E-state index contributed by atoms with van der Waals surface area (Å²) in [7, 11) is 1.52. The van der Waals surface area contributed by atoms with Crippen LogP contribution in [0.5, 0.6) is 11.5 Å². The lowest BCUT2D eigenvalue weighted by atomic mass is 10.2. The summed E-state index contributed by atoms with van der Waals surface area (Å²) in [5, 5.41) is 3.64. The predicted molar refractivity (Wildman–Crippen MR) is 88.6 cm³/mol. The number of amides is 1. The molecule has 2 aromatic rings. The molecule has 2 aromatic carbocycles. The standard InChI is InChI=1S/C16H15Cl2NO3/c1-3-22-14-5-4-10(6-15(14)21-2)16(20)19-13-8-11(17)7-12(18)9-13/h4-9H,3H2,1-2H3,(H,19,20). The Morgan fingerprint density at radius 2 is 1.77 bits per heavy atom. The summed E-state index contributed by atoms with van der Waals surface area (Å²) in [4.78, 5) is 12.3. The molecule has 0 aromatic heterocycles. The highest BCUT2D eigenvalue weighted by molar-refractivity contribution is 6.35. The van der Waals surface area contributed by atoms with Gasteiger partial charge >= 0.3 is 0 Å². The maximum absolute atomic E-state index is 12.3. The molecule has 0 aliphatic rings. The highest BCUT2D eigenvalue weighted by Gasteiger charge is 2.12. The highest BCUT2D eigenvalue weighted by Crippen LogP contribution is 2.29. The number of ether oxygens (including phenoxy) is 2. The van der Waals surface area contributed by atoms with Gasteiger partial charge in [-0.15, -0.1) is 0 Å². The molecule has 0 radical (unpaired) electrons. The van der Waals surface area contributed by atoms with Crippen molar-refractivity contribution >= 4 is 34.8 Å². The summed E-state index contributed by atoms with van der Waals surface area (Å²) in [6, 6.07) is 9.82. The largest absolute Gasteiger partial charge is 0.493 e. The van der Waals surface area contributed by atoms with E-state index in [0.29, 0.717) is 39.4 Å². The van der Waals surface area contributed by atoms with E-state index < -0.39 is 0 Å². The fourth-order valence-corrected chi connectivity index (χ4v) is 2.44. The number of hydrogen-bond acceptors (Lipinski definition) is 3. The molecule has 0 saturated carbocycles. The molecule has 0 unspecified atom stereocenters. The van der Waals surface area contributed by atoms with E-state index in [1.54, 1.807) is 36.4 Å². The summed E-state index contributed by atoms with van der Waals surface area (Å²) in [5.74, 6) is 0.797. The zero-order valence-electron chi connectivity index (χ0n) is 12.2. The number of halogens is 2. The van der Waals surface area contributed by atoms with Crippen molar-refractivity contribution in [3.8, 4) is 11.5 Å². The molecule has 0 bridgehead atoms. The topological polar surface area (TPSA) is 47.6 Å². The molecule has 0 spiro atoms. The Kier molecular flexibility index (Phi) is 5.52. The van der Waals surface area contributed by atoms with Gasteiger partial charge in [0.1, 0.15) is 0 Å². The Morgan fingerprint density at radius 3 is 2.36 bits per heavy atom. The first kappa shape index (κ1) is 16.5. The smallest absolute Gasteiger partial charge is 0.255 e. The molecule has 0 fully saturated rings. The van der Waals surface area contributed by atoms with Gasteiger partial charge in [-0.25, -0.2) is 0 Å². The number of anilines is 1. The van der Waals surface area contributed by atoms with Gasteiger partial charge in [0.25, 0.3) is 5.91 Å². The molecule has 0 atom stereocenters. The zero-order valence-corrected chi connectivity index (χ0v) is 13.7. The number of nitrogens with one attached hydrogen (secondary N) is 1. The van der Waals surface area contributed by atoms with Gasteiger partial charge in [0.05, 0.1) is 13.7 Å². The van der Waals surface area contributed by atoms with E-state index in [1.807, 2.05) is 6.92 Å². The van der Waals surface area contributed by atoms with Crippen LogP contribution in [0.15, 0.2) is 36.4 Å². The second-order valence-electron chi connectivity index (χ2n) is 4.41. The third-order valence-electron chi connectivity index (χ3n) is 2.85. The second kappa shape index (κ2) is 7.38. The summed E-state index contributed by atoms with van der Waals surface area (Å²) in [6.45, 7) is 2.39. The van der Waals surface area contributed by atoms with Gasteiger partial charge in [-0.2, -0.15) is 0 Å². The van der Waals surface area contributed by atoms with E-state index in [-0.39, 0.29) is 5.91 Å². The molecule has 6 heteroatoms. The van der Waals surface area contributed by atoms with E-state index in [9.17, 15) is 4.79 Å². The normalized spacial score (nSPS) is 10.2. The summed E-state index contributed by atoms with van der Waals surface area (Å²) in [6.07, 6.45) is 0. The Hall–Kier alpha value is -1.91. The maximum atomic E-state index is 12.3. The number of rotatable bonds is 5. The van der Waals surface area contributed by atoms with Crippen LogP contribution in [0.25, 0.3) is 0 Å². The van der Waals surface area contributed by atoms with Crippen molar-refractivity contribution in [1.29, 1.82) is 0 Å². The Labute approximate surface area is 138 Å². The van der Waals surface area contributed by atoms with E-state index in [0.717, 1.165) is 0 Å². The molecule has 1 N–H and O–H groups in total. The maximum Gasteiger partial charge on any atom is 0.255 e. The molecule has 4 nitrogen and oxygen atoms in total. The van der Waals surface area contributed by atoms with Crippen LogP contribution >= 0.6 is 23.2 Å². The van der Waals surface area contributed by atoms with Crippen LogP contribution in [-0.4, -0.2) is 19.6 Å². The van der Waals surface area contributed by atoms with Crippen molar-refractivity contribution in [3.63, 3.8) is 0 Å². The predicted octanol–water partition coefficient (Wildman–Crippen LogP) is 4.65. The average Bonchev–Trinajstić information content (AvgIpc) is 2.46. The van der Waals surface area contributed by atoms with Crippen LogP contribution in [-0.2, 0) is 0 Å². The Morgan fingerprint density at radius 1 is 1.09 bits per heavy atom. The van der Waals surface area contributed by atoms with Gasteiger partial charge < -0.3 is 14.8 Å². The molecule has 0 aliphatic heterocycles. The van der Waals surface area contributed by atoms with Crippen LogP contribution in [0.1, 0.15) is 17.3 Å². The molecule has 0 aliphatic carbocycles. The van der Waals surface area contributed by atoms with Crippen molar-refractivity contribution in [3.05, 3.63) is 52.0 Å². The van der Waals surface area contributed by atoms with Gasteiger partial charge in [-0.05, 0) is 43.3 Å². The molecule has 116 valence electrons. The van der Waals surface area contributed by atoms with Gasteiger partial charge in [0, 0.05) is 21.3 Å². The van der Waals surface area contributed by atoms with Gasteiger partial charge in [0.2, 0.25) is 0 Å². The Balaban J connectivity index is 2.22. The van der Waals surface area contributed by atoms with Crippen molar-refractivity contribution in [2.45, 2.75) is 6.92 Å². The van der Waals surface area contributed by atoms with Gasteiger partial charge in [-0.3, -0.25) is 4.79 Å². The van der Waals surface area contributed by atoms with Crippen LogP contribution in [0.2, 0.25) is 10.0 Å². The summed E-state index contributed by atoms with van der Waals surface area (Å²) >= 11 is 11.8. The first-order chi connectivity index (χ1) is 10.5. The second-order valence-corrected chi connectivity index (χ2v) is 5.28. The lowest BCUT2D eigenvalue weighted by molar-refractivity contribution is 0.102. The van der Waals surface area contributed by atoms with Crippen LogP contribution in [0, 0.1) is 0 Å². The van der Waals surface area contributed by atoms with E-state index in [4.69, 9.17) is 32.7 Å². The number of hydrogen-bond donors (Lipinski definition) is 1. The van der Waals surface area contributed by atoms with Crippen molar-refractivity contribution in [2.75, 3.05) is 19.0 Å². The summed E-state index contributed by atoms with van der Waals surface area (Å²) < 4.78 is 10.7. The molecule has 22 heavy (non-hydrogen) atoms. The third-order valence-corrected chi connectivity index (χ3v) is 3.28. The lowest BCUT2D eigenvalue weighted by Crippen LogP contribution is -2.12. The third kappa shape index (κ3) is 4.06. The van der Waals surface area contributed by atoms with Gasteiger partial charge in [0.15, 0.2) is 11.5 Å². The fourth-order valence-electron chi connectivity index (χ4n) is 1.91. The molecule has 0 saturated heterocycles. The number of carbonyl (C=O) groups excluding carboxylic acids is 1. The quantitative estimate of drug-likeness (QED) is 0.862. The first-order valence-electron chi connectivity index (χ1n) is 6.61. The molecule has 0 heterocycles. The number of carbonyl (C=O) groups is 1. The first-order valence-corrected chi connectivity index (χ1v) is 7.37. The molecule has 2 rings (SSSR count). The number of benzene rings is 2. The Bertz CT molecular complexity index is 669. The molecular formula is C16H15Cl2NO3. The molecular weight excluding hydrogens is 325 g/mol. The van der Waals surface area contributed by atoms with Crippen molar-refractivity contribution in [1.82, 2.24) is 0 Å². The summed E-state index contributed by atoms with van der Waals surface area (Å²) in [5.41, 5.74) is 0.965. The fraction of sp³-hybridized carbons (Fsp3) is 0.188. The van der Waals surface area contributed by atoms with Crippen molar-refractivity contribution < 1.29 is 14.3 Å². The van der Waals surface area contributed by atoms with Crippen molar-refractivity contribution in [2.24, 2.45) is 0 Å². The minimum atomic E-state index is -0.292. The van der Waals surface area contributed by atoms with E-state index in [2.05, 4.69) is 5.32 Å². The highest BCUT2D eigenvalue weighted by atomic mass is 35.5. The minimum absolute atomic E-state index is 0.292. The monoisotopic (exact) mass is 339 g/mol.